The van der Waals surface area contributed by atoms with E-state index in [2.05, 4.69) is 53.3 Å². The van der Waals surface area contributed by atoms with Crippen LogP contribution in [0.15, 0.2) is 169 Å². The lowest BCUT2D eigenvalue weighted by molar-refractivity contribution is 0.0983. The number of aldehydes is 1. The van der Waals surface area contributed by atoms with Gasteiger partial charge in [0, 0.05) is 92.8 Å². The van der Waals surface area contributed by atoms with Crippen molar-refractivity contribution < 1.29 is 38.4 Å². The number of ketones is 2. The van der Waals surface area contributed by atoms with E-state index in [0.29, 0.717) is 51.8 Å². The molecule has 394 valence electrons. The van der Waals surface area contributed by atoms with Crippen molar-refractivity contribution in [1.82, 2.24) is 29.3 Å². The maximum Gasteiger partial charge on any atom is 0.194 e. The number of aromatic nitrogens is 6. The first-order chi connectivity index (χ1) is 37.3. The number of nitrogens with two attached hydrogens (primary N) is 1. The molecule has 0 fully saturated rings. The van der Waals surface area contributed by atoms with Crippen molar-refractivity contribution in [2.24, 2.45) is 0 Å². The molecule has 0 bridgehead atoms. The van der Waals surface area contributed by atoms with Crippen molar-refractivity contribution in [2.75, 3.05) is 34.2 Å². The van der Waals surface area contributed by atoms with Crippen molar-refractivity contribution in [3.8, 4) is 73.8 Å². The van der Waals surface area contributed by atoms with Crippen molar-refractivity contribution >= 4 is 66.5 Å². The number of nitrogen functional groups attached to an aromatic ring is 1. The number of methoxy groups -OCH3 is 4. The third kappa shape index (κ3) is 15.5. The highest BCUT2D eigenvalue weighted by atomic mass is 79.9. The molecule has 18 heteroatoms. The SMILES string of the molecule is CCC(=O)c1ccc(-c2ccccn2)c(OC)c1.COc1cc(-c2nc3sccn3c2C)ccc1-c1ccccn1.COc1cc(C(=O)C(C)Br)ccc1-c1ccccn1.COc1cc(C=O)ccc1O.Nc1nccs1. The number of Topliss-reactive ketones (excluding diaryl/α,β-unsaturated/α-hetero) is 2. The minimum absolute atomic E-state index is 0.0332. The standard InChI is InChI=1S/C18H15N3OS.C15H14BrNO2.C15H15NO2.C8H8O3.C3H4N2S/c1-12-17(20-18-21(12)9-10-23-18)13-6-7-14(16(11-13)22-2)15-5-3-4-8-19-15;1-10(16)15(18)11-6-7-12(14(9-11)19-2)13-5-3-4-8-17-13;1-3-14(17)11-7-8-12(15(10-11)18-2)13-6-4-5-9-16-13;1-11-8-4-6(5-9)2-3-7(8)10;4-3-5-1-2-6-3/h3-11H,1-2H3;3-10H,1-2H3;4-10H,3H2,1-2H3;2-5,10H,1H3;1-2H,(H2,4,5). The summed E-state index contributed by atoms with van der Waals surface area (Å²) in [6.07, 6.45) is 10.2. The summed E-state index contributed by atoms with van der Waals surface area (Å²) in [5.74, 6) is 2.63. The van der Waals surface area contributed by atoms with Crippen LogP contribution in [0.5, 0.6) is 28.7 Å². The van der Waals surface area contributed by atoms with E-state index >= 15 is 0 Å². The van der Waals surface area contributed by atoms with Crippen LogP contribution in [0.2, 0.25) is 0 Å². The van der Waals surface area contributed by atoms with Crippen LogP contribution >= 0.6 is 38.6 Å². The van der Waals surface area contributed by atoms with E-state index in [1.165, 1.54) is 36.6 Å². The maximum atomic E-state index is 11.9. The summed E-state index contributed by atoms with van der Waals surface area (Å²) in [4.78, 5) is 56.1. The van der Waals surface area contributed by atoms with Crippen molar-refractivity contribution in [1.29, 1.82) is 0 Å². The molecule has 1 atom stereocenters. The Labute approximate surface area is 463 Å². The number of anilines is 1. The van der Waals surface area contributed by atoms with Gasteiger partial charge in [-0.1, -0.05) is 59.3 Å². The van der Waals surface area contributed by atoms with Crippen LogP contribution in [0.4, 0.5) is 5.13 Å². The summed E-state index contributed by atoms with van der Waals surface area (Å²) in [5, 5.41) is 13.6. The Kier molecular flexibility index (Phi) is 21.7. The lowest BCUT2D eigenvalue weighted by atomic mass is 10.0. The number of phenols is 1. The van der Waals surface area contributed by atoms with Crippen LogP contribution in [-0.4, -0.2) is 85.5 Å². The van der Waals surface area contributed by atoms with Crippen molar-refractivity contribution in [3.63, 3.8) is 0 Å². The molecule has 0 saturated heterocycles. The van der Waals surface area contributed by atoms with E-state index < -0.39 is 0 Å². The Hall–Kier alpha value is -8.58. The number of alkyl halides is 1. The summed E-state index contributed by atoms with van der Waals surface area (Å²) in [7, 11) is 6.31. The second-order valence-electron chi connectivity index (χ2n) is 16.2. The minimum atomic E-state index is -0.210. The number of carbonyl (C=O) groups is 3. The molecule has 3 N–H and O–H groups in total. The van der Waals surface area contributed by atoms with E-state index in [0.717, 1.165) is 61.4 Å². The number of imidazole rings is 1. The molecule has 6 heterocycles. The molecule has 0 spiro atoms. The number of hydrogen-bond acceptors (Lipinski definition) is 16. The van der Waals surface area contributed by atoms with Crippen LogP contribution in [0.25, 0.3) is 50.0 Å². The largest absolute Gasteiger partial charge is 0.504 e. The first-order valence-electron chi connectivity index (χ1n) is 23.7. The number of fused-ring (bicyclic) bond motifs is 1. The monoisotopic (exact) mass is 1130 g/mol. The Bertz CT molecular complexity index is 3490. The van der Waals surface area contributed by atoms with Gasteiger partial charge in [-0.15, -0.1) is 22.7 Å². The smallest absolute Gasteiger partial charge is 0.194 e. The fourth-order valence-corrected chi connectivity index (χ4v) is 8.76. The molecule has 0 aliphatic rings. The van der Waals surface area contributed by atoms with Crippen LogP contribution in [-0.2, 0) is 0 Å². The summed E-state index contributed by atoms with van der Waals surface area (Å²) in [5.41, 5.74) is 15.5. The maximum absolute atomic E-state index is 11.9. The molecule has 6 aromatic heterocycles. The Balaban J connectivity index is 0.000000164. The van der Waals surface area contributed by atoms with Gasteiger partial charge < -0.3 is 29.8 Å². The van der Waals surface area contributed by atoms with Crippen LogP contribution < -0.4 is 24.7 Å². The molecule has 15 nitrogen and oxygen atoms in total. The highest BCUT2D eigenvalue weighted by Gasteiger charge is 2.17. The van der Waals surface area contributed by atoms with Gasteiger partial charge in [-0.25, -0.2) is 9.97 Å². The Morgan fingerprint density at radius 2 is 1.19 bits per heavy atom. The second-order valence-corrected chi connectivity index (χ2v) is 19.3. The number of nitrogens with zero attached hydrogens (tertiary/aromatic N) is 6. The molecular formula is C59H56BrN7O8S2. The van der Waals surface area contributed by atoms with E-state index in [9.17, 15) is 14.4 Å². The topological polar surface area (TPSA) is 203 Å². The first kappa shape index (κ1) is 57.7. The predicted molar refractivity (Wildman–Crippen MR) is 309 cm³/mol. The fourth-order valence-electron chi connectivity index (χ4n) is 7.36. The number of halogens is 1. The summed E-state index contributed by atoms with van der Waals surface area (Å²) < 4.78 is 23.2. The van der Waals surface area contributed by atoms with E-state index in [4.69, 9.17) is 34.8 Å². The summed E-state index contributed by atoms with van der Waals surface area (Å²) in [6.45, 7) is 5.74. The zero-order chi connectivity index (χ0) is 55.3. The van der Waals surface area contributed by atoms with Gasteiger partial charge in [-0.2, -0.15) is 0 Å². The average Bonchev–Trinajstić information content (AvgIpc) is 4.26. The van der Waals surface area contributed by atoms with Gasteiger partial charge >= 0.3 is 0 Å². The number of aryl methyl sites for hydroxylation is 1. The first-order valence-corrected chi connectivity index (χ1v) is 26.4. The molecule has 0 aliphatic carbocycles. The van der Waals surface area contributed by atoms with E-state index in [1.54, 1.807) is 75.7 Å². The van der Waals surface area contributed by atoms with Gasteiger partial charge in [-0.05, 0) is 105 Å². The van der Waals surface area contributed by atoms with Gasteiger partial charge in [0.2, 0.25) is 0 Å². The molecule has 1 unspecified atom stereocenters. The molecule has 4 aromatic carbocycles. The van der Waals surface area contributed by atoms with Crippen molar-refractivity contribution in [2.45, 2.75) is 32.0 Å². The minimum Gasteiger partial charge on any atom is -0.504 e. The lowest BCUT2D eigenvalue weighted by Crippen LogP contribution is -2.10. The zero-order valence-electron chi connectivity index (χ0n) is 43.3. The average molecular weight is 1140 g/mol. The molecular weight excluding hydrogens is 1080 g/mol. The molecule has 0 amide bonds. The number of rotatable bonds is 13. The highest BCUT2D eigenvalue weighted by molar-refractivity contribution is 9.10. The van der Waals surface area contributed by atoms with Crippen LogP contribution in [0, 0.1) is 6.92 Å². The van der Waals surface area contributed by atoms with Gasteiger partial charge in [-0.3, -0.25) is 33.7 Å². The molecule has 0 saturated carbocycles. The normalized spacial score (nSPS) is 10.6. The van der Waals surface area contributed by atoms with Gasteiger partial charge in [0.1, 0.15) is 23.5 Å². The molecule has 10 rings (SSSR count). The summed E-state index contributed by atoms with van der Waals surface area (Å²) >= 11 is 6.37. The van der Waals surface area contributed by atoms with Crippen molar-refractivity contribution in [3.05, 3.63) is 192 Å². The molecule has 77 heavy (non-hydrogen) atoms. The number of thiazole rings is 2. The number of phenolic OH excluding ortho intramolecular Hbond substituents is 1. The van der Waals surface area contributed by atoms with E-state index in [-0.39, 0.29) is 22.1 Å². The van der Waals surface area contributed by atoms with Crippen LogP contribution in [0.3, 0.4) is 0 Å². The highest BCUT2D eigenvalue weighted by Crippen LogP contribution is 2.35. The molecule has 0 radical (unpaired) electrons. The second kappa shape index (κ2) is 28.9. The number of hydrogen-bond donors (Lipinski definition) is 2. The number of ether oxygens (including phenoxy) is 4. The quantitative estimate of drug-likeness (QED) is 0.0627. The summed E-state index contributed by atoms with van der Waals surface area (Å²) in [6, 6.07) is 38.7. The molecule has 0 aliphatic heterocycles. The third-order valence-corrected chi connectivity index (χ3v) is 13.1. The third-order valence-electron chi connectivity index (χ3n) is 11.3. The zero-order valence-corrected chi connectivity index (χ0v) is 46.5. The fraction of sp³-hybridized carbons (Fsp3) is 0.153. The number of pyridine rings is 3. The number of carbonyl (C=O) groups excluding carboxylic acids is 3. The Morgan fingerprint density at radius 3 is 1.64 bits per heavy atom. The number of benzene rings is 4. The molecule has 10 aromatic rings. The van der Waals surface area contributed by atoms with Crippen LogP contribution in [0.1, 0.15) is 57.0 Å². The Morgan fingerprint density at radius 1 is 0.662 bits per heavy atom. The lowest BCUT2D eigenvalue weighted by Gasteiger charge is -2.10. The number of aromatic hydroxyl groups is 1. The van der Waals surface area contributed by atoms with Gasteiger partial charge in [0.25, 0.3) is 0 Å². The predicted octanol–water partition coefficient (Wildman–Crippen LogP) is 13.5. The van der Waals surface area contributed by atoms with Gasteiger partial charge in [0.15, 0.2) is 33.2 Å². The van der Waals surface area contributed by atoms with Gasteiger partial charge in [0.05, 0.1) is 56.0 Å². The van der Waals surface area contributed by atoms with E-state index in [1.807, 2.05) is 116 Å².